The van der Waals surface area contributed by atoms with E-state index in [1.807, 2.05) is 6.07 Å². The molecule has 13 heavy (non-hydrogen) atoms. The van der Waals surface area contributed by atoms with Crippen molar-refractivity contribution in [2.75, 3.05) is 5.32 Å². The molecule has 0 aliphatic carbocycles. The number of hydrogen-bond acceptors (Lipinski definition) is 2. The average Bonchev–Trinajstić information content (AvgIpc) is 2.08. The summed E-state index contributed by atoms with van der Waals surface area (Å²) < 4.78 is 0. The molecule has 4 heteroatoms. The highest BCUT2D eigenvalue weighted by molar-refractivity contribution is 6.30. The minimum Gasteiger partial charge on any atom is -0.324 e. The average molecular weight is 197 g/mol. The second-order valence-electron chi connectivity index (χ2n) is 3.10. The molecule has 0 saturated carbocycles. The molecule has 1 aromatic carbocycles. The Balaban J connectivity index is 2.42. The fourth-order valence-electron chi connectivity index (χ4n) is 1.41. The fourth-order valence-corrected chi connectivity index (χ4v) is 1.60. The third kappa shape index (κ3) is 1.53. The molecule has 1 aliphatic rings. The molecule has 1 amide bonds. The van der Waals surface area contributed by atoms with Crippen molar-refractivity contribution in [3.63, 3.8) is 0 Å². The van der Waals surface area contributed by atoms with Crippen LogP contribution >= 0.6 is 11.6 Å². The van der Waals surface area contributed by atoms with E-state index in [9.17, 15) is 4.79 Å². The van der Waals surface area contributed by atoms with Crippen molar-refractivity contribution in [1.82, 2.24) is 0 Å². The molecule has 1 heterocycles. The topological polar surface area (TPSA) is 55.1 Å². The summed E-state index contributed by atoms with van der Waals surface area (Å²) in [6, 6.07) is 4.92. The number of benzene rings is 1. The third-order valence-corrected chi connectivity index (χ3v) is 2.34. The van der Waals surface area contributed by atoms with E-state index in [0.29, 0.717) is 11.4 Å². The number of fused-ring (bicyclic) bond motifs is 1. The van der Waals surface area contributed by atoms with Gasteiger partial charge < -0.3 is 11.1 Å². The second-order valence-corrected chi connectivity index (χ2v) is 3.54. The Kier molecular flexibility index (Phi) is 1.98. The summed E-state index contributed by atoms with van der Waals surface area (Å²) in [5.41, 5.74) is 7.40. The first-order valence-electron chi connectivity index (χ1n) is 4.01. The summed E-state index contributed by atoms with van der Waals surface area (Å²) in [5, 5.41) is 3.38. The number of carbonyl (C=O) groups excluding carboxylic acids is 1. The van der Waals surface area contributed by atoms with Gasteiger partial charge in [-0.3, -0.25) is 4.79 Å². The van der Waals surface area contributed by atoms with E-state index >= 15 is 0 Å². The van der Waals surface area contributed by atoms with Crippen LogP contribution in [0.3, 0.4) is 0 Å². The maximum absolute atomic E-state index is 11.2. The summed E-state index contributed by atoms with van der Waals surface area (Å²) in [7, 11) is 0. The van der Waals surface area contributed by atoms with Gasteiger partial charge in [0.15, 0.2) is 0 Å². The number of hydrogen-bond donors (Lipinski definition) is 2. The fraction of sp³-hybridized carbons (Fsp3) is 0.222. The Hall–Kier alpha value is -1.06. The van der Waals surface area contributed by atoms with E-state index < -0.39 is 6.04 Å². The quantitative estimate of drug-likeness (QED) is 0.655. The van der Waals surface area contributed by atoms with E-state index in [4.69, 9.17) is 17.3 Å². The van der Waals surface area contributed by atoms with Crippen LogP contribution in [0.2, 0.25) is 5.02 Å². The highest BCUT2D eigenvalue weighted by Crippen LogP contribution is 2.24. The Labute approximate surface area is 80.9 Å². The lowest BCUT2D eigenvalue weighted by Crippen LogP contribution is -2.40. The lowest BCUT2D eigenvalue weighted by atomic mass is 10.00. The van der Waals surface area contributed by atoms with E-state index in [1.165, 1.54) is 0 Å². The van der Waals surface area contributed by atoms with Crippen LogP contribution in [0.4, 0.5) is 5.69 Å². The van der Waals surface area contributed by atoms with E-state index in [0.717, 1.165) is 11.3 Å². The van der Waals surface area contributed by atoms with Crippen molar-refractivity contribution in [3.8, 4) is 0 Å². The third-order valence-electron chi connectivity index (χ3n) is 2.10. The first-order chi connectivity index (χ1) is 6.16. The molecular weight excluding hydrogens is 188 g/mol. The lowest BCUT2D eigenvalue weighted by Gasteiger charge is -2.21. The van der Waals surface area contributed by atoms with Gasteiger partial charge in [0.2, 0.25) is 5.91 Å². The van der Waals surface area contributed by atoms with Crippen molar-refractivity contribution in [2.24, 2.45) is 5.73 Å². The molecule has 0 bridgehead atoms. The van der Waals surface area contributed by atoms with E-state index in [2.05, 4.69) is 5.32 Å². The van der Waals surface area contributed by atoms with Crippen molar-refractivity contribution >= 4 is 23.2 Å². The molecule has 0 radical (unpaired) electrons. The number of amides is 1. The molecule has 2 rings (SSSR count). The zero-order valence-electron chi connectivity index (χ0n) is 6.88. The van der Waals surface area contributed by atoms with E-state index in [-0.39, 0.29) is 5.91 Å². The first kappa shape index (κ1) is 8.53. The molecule has 1 aliphatic heterocycles. The van der Waals surface area contributed by atoms with Crippen LogP contribution in [0, 0.1) is 0 Å². The van der Waals surface area contributed by atoms with Crippen molar-refractivity contribution in [2.45, 2.75) is 12.5 Å². The molecule has 0 aromatic heterocycles. The van der Waals surface area contributed by atoms with Crippen molar-refractivity contribution < 1.29 is 4.79 Å². The lowest BCUT2D eigenvalue weighted by molar-refractivity contribution is -0.117. The molecule has 68 valence electrons. The summed E-state index contributed by atoms with van der Waals surface area (Å²) in [4.78, 5) is 11.2. The SMILES string of the molecule is NC1Cc2cc(Cl)ccc2NC1=O. The van der Waals surface area contributed by atoms with Crippen LogP contribution in [0.25, 0.3) is 0 Å². The normalized spacial score (nSPS) is 20.8. The molecular formula is C9H9ClN2O. The minimum atomic E-state index is -0.453. The van der Waals surface area contributed by atoms with Crippen LogP contribution < -0.4 is 11.1 Å². The Morgan fingerprint density at radius 3 is 3.08 bits per heavy atom. The second kappa shape index (κ2) is 3.01. The summed E-state index contributed by atoms with van der Waals surface area (Å²) >= 11 is 5.81. The highest BCUT2D eigenvalue weighted by Gasteiger charge is 2.22. The van der Waals surface area contributed by atoms with Gasteiger partial charge in [-0.2, -0.15) is 0 Å². The number of halogens is 1. The zero-order valence-corrected chi connectivity index (χ0v) is 7.64. The van der Waals surface area contributed by atoms with Gasteiger partial charge in [0.25, 0.3) is 0 Å². The van der Waals surface area contributed by atoms with Gasteiger partial charge in [0, 0.05) is 10.7 Å². The molecule has 0 saturated heterocycles. The minimum absolute atomic E-state index is 0.130. The van der Waals surface area contributed by atoms with Gasteiger partial charge in [-0.1, -0.05) is 11.6 Å². The predicted octanol–water partition coefficient (Wildman–Crippen LogP) is 1.16. The van der Waals surface area contributed by atoms with Gasteiger partial charge in [0.05, 0.1) is 6.04 Å². The van der Waals surface area contributed by atoms with Gasteiger partial charge in [-0.05, 0) is 30.2 Å². The van der Waals surface area contributed by atoms with E-state index in [1.54, 1.807) is 12.1 Å². The highest BCUT2D eigenvalue weighted by atomic mass is 35.5. The predicted molar refractivity (Wildman–Crippen MR) is 51.8 cm³/mol. The standard InChI is InChI=1S/C9H9ClN2O/c10-6-1-2-8-5(3-6)4-7(11)9(13)12-8/h1-3,7H,4,11H2,(H,12,13). The monoisotopic (exact) mass is 196 g/mol. The van der Waals surface area contributed by atoms with Gasteiger partial charge >= 0.3 is 0 Å². The van der Waals surface area contributed by atoms with Crippen LogP contribution in [0.1, 0.15) is 5.56 Å². The molecule has 3 N–H and O–H groups in total. The maximum Gasteiger partial charge on any atom is 0.241 e. The van der Waals surface area contributed by atoms with Crippen molar-refractivity contribution in [1.29, 1.82) is 0 Å². The summed E-state index contributed by atoms with van der Waals surface area (Å²) in [6.45, 7) is 0. The molecule has 0 spiro atoms. The van der Waals surface area contributed by atoms with Gasteiger partial charge in [-0.25, -0.2) is 0 Å². The summed E-state index contributed by atoms with van der Waals surface area (Å²) in [6.07, 6.45) is 0.557. The Morgan fingerprint density at radius 2 is 2.31 bits per heavy atom. The van der Waals surface area contributed by atoms with Crippen molar-refractivity contribution in [3.05, 3.63) is 28.8 Å². The van der Waals surface area contributed by atoms with Crippen LogP contribution in [0.15, 0.2) is 18.2 Å². The molecule has 1 unspecified atom stereocenters. The van der Waals surface area contributed by atoms with Crippen LogP contribution in [-0.2, 0) is 11.2 Å². The zero-order chi connectivity index (χ0) is 9.42. The van der Waals surface area contributed by atoms with Gasteiger partial charge in [0.1, 0.15) is 0 Å². The molecule has 3 nitrogen and oxygen atoms in total. The number of nitrogens with one attached hydrogen (secondary N) is 1. The number of carbonyl (C=O) groups is 1. The molecule has 1 aromatic rings. The number of nitrogens with two attached hydrogens (primary N) is 1. The number of rotatable bonds is 0. The molecule has 1 atom stereocenters. The van der Waals surface area contributed by atoms with Gasteiger partial charge in [-0.15, -0.1) is 0 Å². The summed E-state index contributed by atoms with van der Waals surface area (Å²) in [5.74, 6) is -0.130. The molecule has 0 fully saturated rings. The first-order valence-corrected chi connectivity index (χ1v) is 4.39. The number of anilines is 1. The largest absolute Gasteiger partial charge is 0.324 e. The smallest absolute Gasteiger partial charge is 0.241 e. The van der Waals surface area contributed by atoms with Crippen LogP contribution in [-0.4, -0.2) is 11.9 Å². The van der Waals surface area contributed by atoms with Crippen LogP contribution in [0.5, 0.6) is 0 Å². The Bertz CT molecular complexity index is 365. The Morgan fingerprint density at radius 1 is 1.54 bits per heavy atom. The maximum atomic E-state index is 11.2.